The number of carbonyl (C=O) groups excluding carboxylic acids is 2. The smallest absolute Gasteiger partial charge is 0.295 e. The predicted octanol–water partition coefficient (Wildman–Crippen LogP) is 4.19. The first-order chi connectivity index (χ1) is 13.9. The van der Waals surface area contributed by atoms with Gasteiger partial charge in [0, 0.05) is 11.6 Å². The molecule has 1 atom stereocenters. The van der Waals surface area contributed by atoms with Crippen molar-refractivity contribution in [3.05, 3.63) is 64.2 Å². The van der Waals surface area contributed by atoms with Crippen LogP contribution in [0.4, 0.5) is 0 Å². The van der Waals surface area contributed by atoms with Gasteiger partial charge in [0.1, 0.15) is 17.3 Å². The number of ketones is 1. The Kier molecular flexibility index (Phi) is 6.13. The van der Waals surface area contributed by atoms with Crippen molar-refractivity contribution in [2.45, 2.75) is 19.4 Å². The van der Waals surface area contributed by atoms with E-state index in [0.717, 1.165) is 0 Å². The Hall–Kier alpha value is -2.99. The highest BCUT2D eigenvalue weighted by atomic mass is 35.5. The van der Waals surface area contributed by atoms with E-state index in [0.29, 0.717) is 35.1 Å². The van der Waals surface area contributed by atoms with Crippen LogP contribution in [0.1, 0.15) is 30.5 Å². The van der Waals surface area contributed by atoms with Crippen molar-refractivity contribution < 1.29 is 24.2 Å². The summed E-state index contributed by atoms with van der Waals surface area (Å²) in [7, 11) is 2.96. The molecule has 0 saturated carbocycles. The van der Waals surface area contributed by atoms with Crippen LogP contribution in [-0.4, -0.2) is 42.5 Å². The average molecular weight is 416 g/mol. The van der Waals surface area contributed by atoms with Crippen LogP contribution in [0, 0.1) is 0 Å². The summed E-state index contributed by atoms with van der Waals surface area (Å²) >= 11 is 6.00. The minimum atomic E-state index is -0.735. The second kappa shape index (κ2) is 8.57. The zero-order valence-corrected chi connectivity index (χ0v) is 17.2. The Morgan fingerprint density at radius 3 is 2.38 bits per heavy atom. The van der Waals surface area contributed by atoms with Crippen LogP contribution in [-0.2, 0) is 9.59 Å². The number of carbonyl (C=O) groups is 2. The molecule has 1 amide bonds. The number of ether oxygens (including phenoxy) is 2. The van der Waals surface area contributed by atoms with Crippen LogP contribution in [0.2, 0.25) is 5.02 Å². The lowest BCUT2D eigenvalue weighted by Crippen LogP contribution is -2.30. The third kappa shape index (κ3) is 3.80. The molecule has 3 rings (SSSR count). The summed E-state index contributed by atoms with van der Waals surface area (Å²) in [5.74, 6) is -0.841. The lowest BCUT2D eigenvalue weighted by atomic mass is 9.95. The van der Waals surface area contributed by atoms with Crippen LogP contribution >= 0.6 is 11.6 Å². The molecule has 7 heteroatoms. The number of likely N-dealkylation sites (tertiary alicyclic amines) is 1. The van der Waals surface area contributed by atoms with Gasteiger partial charge in [0.15, 0.2) is 0 Å². The van der Waals surface area contributed by atoms with Gasteiger partial charge in [-0.1, -0.05) is 30.7 Å². The molecule has 0 aliphatic carbocycles. The fraction of sp³-hybridized carbons (Fsp3) is 0.273. The molecule has 0 bridgehead atoms. The van der Waals surface area contributed by atoms with E-state index in [2.05, 4.69) is 0 Å². The molecule has 0 aromatic heterocycles. The number of aliphatic hydroxyl groups excluding tert-OH is 1. The molecular formula is C22H22ClNO5. The Morgan fingerprint density at radius 1 is 1.10 bits per heavy atom. The number of hydrogen-bond donors (Lipinski definition) is 1. The molecule has 1 N–H and O–H groups in total. The summed E-state index contributed by atoms with van der Waals surface area (Å²) in [6.07, 6.45) is 0.666. The zero-order valence-electron chi connectivity index (χ0n) is 16.4. The second-order valence-corrected chi connectivity index (χ2v) is 7.05. The van der Waals surface area contributed by atoms with E-state index in [-0.39, 0.29) is 16.9 Å². The van der Waals surface area contributed by atoms with Crippen molar-refractivity contribution in [3.8, 4) is 11.5 Å². The van der Waals surface area contributed by atoms with E-state index in [1.807, 2.05) is 6.92 Å². The van der Waals surface area contributed by atoms with E-state index < -0.39 is 17.7 Å². The van der Waals surface area contributed by atoms with E-state index in [1.165, 1.54) is 19.1 Å². The van der Waals surface area contributed by atoms with E-state index in [9.17, 15) is 14.7 Å². The molecular weight excluding hydrogens is 394 g/mol. The number of halogens is 1. The highest BCUT2D eigenvalue weighted by Crippen LogP contribution is 2.41. The Labute approximate surface area is 174 Å². The van der Waals surface area contributed by atoms with E-state index >= 15 is 0 Å². The van der Waals surface area contributed by atoms with Crippen molar-refractivity contribution in [2.75, 3.05) is 20.8 Å². The third-order valence-corrected chi connectivity index (χ3v) is 5.10. The number of aliphatic hydroxyl groups is 1. The Balaban J connectivity index is 2.24. The van der Waals surface area contributed by atoms with Gasteiger partial charge < -0.3 is 19.5 Å². The number of methoxy groups -OCH3 is 2. The highest BCUT2D eigenvalue weighted by Gasteiger charge is 2.45. The van der Waals surface area contributed by atoms with Gasteiger partial charge in [-0.15, -0.1) is 0 Å². The van der Waals surface area contributed by atoms with E-state index in [4.69, 9.17) is 21.1 Å². The SMILES string of the molecule is CCCN1C(=O)C(=O)/C(=C(/O)c2cc(OC)ccc2OC)C1c1ccc(Cl)cc1. The monoisotopic (exact) mass is 415 g/mol. The molecule has 1 heterocycles. The fourth-order valence-electron chi connectivity index (χ4n) is 3.49. The number of Topliss-reactive ketones (excluding diaryl/α,β-unsaturated/α-hetero) is 1. The second-order valence-electron chi connectivity index (χ2n) is 6.61. The van der Waals surface area contributed by atoms with Gasteiger partial charge in [-0.3, -0.25) is 9.59 Å². The first-order valence-corrected chi connectivity index (χ1v) is 9.57. The maximum atomic E-state index is 12.9. The quantitative estimate of drug-likeness (QED) is 0.435. The van der Waals surface area contributed by atoms with E-state index in [1.54, 1.807) is 42.5 Å². The van der Waals surface area contributed by atoms with Crippen molar-refractivity contribution in [3.63, 3.8) is 0 Å². The molecule has 1 aliphatic heterocycles. The molecule has 6 nitrogen and oxygen atoms in total. The summed E-state index contributed by atoms with van der Waals surface area (Å²) in [6, 6.07) is 11.0. The minimum absolute atomic E-state index is 0.0114. The minimum Gasteiger partial charge on any atom is -0.507 e. The maximum Gasteiger partial charge on any atom is 0.295 e. The lowest BCUT2D eigenvalue weighted by molar-refractivity contribution is -0.139. The number of rotatable bonds is 6. The number of amides is 1. The number of hydrogen-bond acceptors (Lipinski definition) is 5. The summed E-state index contributed by atoms with van der Waals surface area (Å²) < 4.78 is 10.6. The van der Waals surface area contributed by atoms with Gasteiger partial charge in [0.05, 0.1) is 31.4 Å². The molecule has 2 aromatic rings. The van der Waals surface area contributed by atoms with Gasteiger partial charge >= 0.3 is 0 Å². The van der Waals surface area contributed by atoms with Crippen LogP contribution in [0.25, 0.3) is 5.76 Å². The van der Waals surface area contributed by atoms with Crippen molar-refractivity contribution in [1.29, 1.82) is 0 Å². The molecule has 0 radical (unpaired) electrons. The van der Waals surface area contributed by atoms with Crippen molar-refractivity contribution in [2.24, 2.45) is 0 Å². The normalized spacial score (nSPS) is 18.2. The largest absolute Gasteiger partial charge is 0.507 e. The number of nitrogens with zero attached hydrogens (tertiary/aromatic N) is 1. The molecule has 152 valence electrons. The van der Waals surface area contributed by atoms with Gasteiger partial charge in [0.2, 0.25) is 0 Å². The summed E-state index contributed by atoms with van der Waals surface area (Å²) in [5.41, 5.74) is 0.975. The van der Waals surface area contributed by atoms with Gasteiger partial charge in [-0.25, -0.2) is 0 Å². The standard InChI is InChI=1S/C22H22ClNO5/c1-4-11-24-19(13-5-7-14(23)8-6-13)18(21(26)22(24)27)20(25)16-12-15(28-2)9-10-17(16)29-3/h5-10,12,19,25H,4,11H2,1-3H3/b20-18+. The van der Waals surface area contributed by atoms with Crippen LogP contribution in [0.5, 0.6) is 11.5 Å². The van der Waals surface area contributed by atoms with Crippen LogP contribution in [0.15, 0.2) is 48.0 Å². The number of benzene rings is 2. The Bertz CT molecular complexity index is 968. The summed E-state index contributed by atoms with van der Waals surface area (Å²) in [6.45, 7) is 2.30. The molecule has 1 saturated heterocycles. The zero-order chi connectivity index (χ0) is 21.1. The maximum absolute atomic E-state index is 12.9. The average Bonchev–Trinajstić information content (AvgIpc) is 2.98. The van der Waals surface area contributed by atoms with Crippen molar-refractivity contribution >= 4 is 29.1 Å². The topological polar surface area (TPSA) is 76.1 Å². The summed E-state index contributed by atoms with van der Waals surface area (Å²) in [4.78, 5) is 27.1. The fourth-order valence-corrected chi connectivity index (χ4v) is 3.61. The highest BCUT2D eigenvalue weighted by molar-refractivity contribution is 6.46. The first-order valence-electron chi connectivity index (χ1n) is 9.19. The van der Waals surface area contributed by atoms with Crippen LogP contribution < -0.4 is 9.47 Å². The first kappa shape index (κ1) is 20.7. The summed E-state index contributed by atoms with van der Waals surface area (Å²) in [5, 5.41) is 11.7. The molecule has 2 aromatic carbocycles. The van der Waals surface area contributed by atoms with Gasteiger partial charge in [-0.2, -0.15) is 0 Å². The Morgan fingerprint density at radius 2 is 1.79 bits per heavy atom. The molecule has 1 fully saturated rings. The lowest BCUT2D eigenvalue weighted by Gasteiger charge is -2.25. The van der Waals surface area contributed by atoms with Gasteiger partial charge in [-0.05, 0) is 42.3 Å². The van der Waals surface area contributed by atoms with Crippen LogP contribution in [0.3, 0.4) is 0 Å². The van der Waals surface area contributed by atoms with Gasteiger partial charge in [0.25, 0.3) is 11.7 Å². The molecule has 0 spiro atoms. The third-order valence-electron chi connectivity index (χ3n) is 4.85. The predicted molar refractivity (Wildman–Crippen MR) is 110 cm³/mol. The molecule has 1 unspecified atom stereocenters. The molecule has 29 heavy (non-hydrogen) atoms. The molecule has 1 aliphatic rings. The van der Waals surface area contributed by atoms with Crippen molar-refractivity contribution in [1.82, 2.24) is 4.90 Å².